The van der Waals surface area contributed by atoms with Gasteiger partial charge in [-0.3, -0.25) is 0 Å². The molecule has 0 amide bonds. The normalized spacial score (nSPS) is 11.3. The number of rotatable bonds is 1. The number of oxime groups is 1. The molecule has 0 fully saturated rings. The number of hydrogen-bond acceptors (Lipinski definition) is 4. The Morgan fingerprint density at radius 1 is 1.50 bits per heavy atom. The minimum Gasteiger partial charge on any atom is -0.411 e. The Hall–Kier alpha value is -1.42. The van der Waals surface area contributed by atoms with Crippen molar-refractivity contribution in [1.29, 1.82) is 0 Å². The molecule has 3 nitrogen and oxygen atoms in total. The number of nitrogens with zero attached hydrogens (tertiary/aromatic N) is 2. The van der Waals surface area contributed by atoms with E-state index in [0.717, 1.165) is 15.6 Å². The largest absolute Gasteiger partial charge is 0.411 e. The molecule has 1 aromatic carbocycles. The Bertz CT molecular complexity index is 422. The second-order valence-electron chi connectivity index (χ2n) is 2.37. The van der Waals surface area contributed by atoms with E-state index in [4.69, 9.17) is 5.21 Å². The fourth-order valence-electron chi connectivity index (χ4n) is 1.04. The van der Waals surface area contributed by atoms with Crippen LogP contribution < -0.4 is 0 Å². The van der Waals surface area contributed by atoms with Crippen LogP contribution in [0.25, 0.3) is 10.1 Å². The van der Waals surface area contributed by atoms with Crippen LogP contribution in [-0.2, 0) is 0 Å². The van der Waals surface area contributed by atoms with Crippen molar-refractivity contribution in [2.45, 2.75) is 0 Å². The molecule has 1 heterocycles. The van der Waals surface area contributed by atoms with Gasteiger partial charge in [0, 0.05) is 11.6 Å². The lowest BCUT2D eigenvalue weighted by molar-refractivity contribution is 0.322. The second kappa shape index (κ2) is 2.91. The van der Waals surface area contributed by atoms with Gasteiger partial charge in [0.15, 0.2) is 0 Å². The molecule has 2 rings (SSSR count). The average molecular weight is 178 g/mol. The standard InChI is InChI=1S/C8H6N2OS/c11-9-4-6-1-2-8-7(3-6)5-10-12-8/h1-5,11H. The van der Waals surface area contributed by atoms with E-state index < -0.39 is 0 Å². The Kier molecular flexibility index (Phi) is 1.75. The zero-order chi connectivity index (χ0) is 8.39. The van der Waals surface area contributed by atoms with Crippen LogP contribution in [-0.4, -0.2) is 15.8 Å². The predicted molar refractivity (Wildman–Crippen MR) is 49.0 cm³/mol. The first-order chi connectivity index (χ1) is 5.90. The predicted octanol–water partition coefficient (Wildman–Crippen LogP) is 2.10. The van der Waals surface area contributed by atoms with Crippen LogP contribution in [0.2, 0.25) is 0 Å². The maximum absolute atomic E-state index is 8.30. The van der Waals surface area contributed by atoms with Crippen LogP contribution >= 0.6 is 11.5 Å². The van der Waals surface area contributed by atoms with Crippen LogP contribution in [0.15, 0.2) is 29.6 Å². The number of aromatic nitrogens is 1. The Labute approximate surface area is 73.1 Å². The molecule has 0 saturated heterocycles. The van der Waals surface area contributed by atoms with Crippen molar-refractivity contribution in [2.75, 3.05) is 0 Å². The summed E-state index contributed by atoms with van der Waals surface area (Å²) in [5.74, 6) is 0. The van der Waals surface area contributed by atoms with E-state index in [1.165, 1.54) is 17.7 Å². The number of hydrogen-bond donors (Lipinski definition) is 1. The van der Waals surface area contributed by atoms with Gasteiger partial charge in [0.2, 0.25) is 0 Å². The third-order valence-electron chi connectivity index (χ3n) is 1.58. The molecular weight excluding hydrogens is 172 g/mol. The molecule has 4 heteroatoms. The number of fused-ring (bicyclic) bond motifs is 1. The summed E-state index contributed by atoms with van der Waals surface area (Å²) in [6, 6.07) is 5.78. The summed E-state index contributed by atoms with van der Waals surface area (Å²) in [6.45, 7) is 0. The first kappa shape index (κ1) is 7.24. The highest BCUT2D eigenvalue weighted by molar-refractivity contribution is 7.13. The second-order valence-corrected chi connectivity index (χ2v) is 3.20. The van der Waals surface area contributed by atoms with E-state index in [2.05, 4.69) is 9.53 Å². The summed E-state index contributed by atoms with van der Waals surface area (Å²) in [4.78, 5) is 0. The highest BCUT2D eigenvalue weighted by Crippen LogP contribution is 2.18. The van der Waals surface area contributed by atoms with Crippen molar-refractivity contribution in [3.05, 3.63) is 30.0 Å². The van der Waals surface area contributed by atoms with Gasteiger partial charge in [0.05, 0.1) is 10.9 Å². The zero-order valence-electron chi connectivity index (χ0n) is 6.14. The quantitative estimate of drug-likeness (QED) is 0.413. The highest BCUT2D eigenvalue weighted by atomic mass is 32.1. The SMILES string of the molecule is ON=Cc1ccc2sncc2c1. The van der Waals surface area contributed by atoms with Crippen LogP contribution in [0.5, 0.6) is 0 Å². The lowest BCUT2D eigenvalue weighted by Crippen LogP contribution is -1.78. The van der Waals surface area contributed by atoms with Crippen molar-refractivity contribution in [1.82, 2.24) is 4.37 Å². The molecule has 0 unspecified atom stereocenters. The summed E-state index contributed by atoms with van der Waals surface area (Å²) in [7, 11) is 0. The van der Waals surface area contributed by atoms with E-state index in [0.29, 0.717) is 0 Å². The molecule has 0 radical (unpaired) electrons. The lowest BCUT2D eigenvalue weighted by atomic mass is 10.2. The molecule has 12 heavy (non-hydrogen) atoms. The van der Waals surface area contributed by atoms with Crippen molar-refractivity contribution < 1.29 is 5.21 Å². The monoisotopic (exact) mass is 178 g/mol. The van der Waals surface area contributed by atoms with Crippen molar-refractivity contribution in [2.24, 2.45) is 5.16 Å². The molecule has 0 bridgehead atoms. The molecule has 0 saturated carbocycles. The number of benzene rings is 1. The minimum absolute atomic E-state index is 0.880. The third-order valence-corrected chi connectivity index (χ3v) is 2.36. The molecule has 0 aliphatic rings. The average Bonchev–Trinajstić information content (AvgIpc) is 2.51. The van der Waals surface area contributed by atoms with Gasteiger partial charge in [-0.05, 0) is 29.2 Å². The first-order valence-corrected chi connectivity index (χ1v) is 4.19. The fourth-order valence-corrected chi connectivity index (χ4v) is 1.66. The zero-order valence-corrected chi connectivity index (χ0v) is 6.95. The molecular formula is C8H6N2OS. The fraction of sp³-hybridized carbons (Fsp3) is 0. The third kappa shape index (κ3) is 1.16. The molecule has 1 aromatic heterocycles. The van der Waals surface area contributed by atoms with Gasteiger partial charge in [-0.15, -0.1) is 0 Å². The summed E-state index contributed by atoms with van der Waals surface area (Å²) < 4.78 is 5.18. The lowest BCUT2D eigenvalue weighted by Gasteiger charge is -1.90. The molecule has 2 aromatic rings. The Morgan fingerprint density at radius 3 is 3.25 bits per heavy atom. The van der Waals surface area contributed by atoms with Gasteiger partial charge in [0.1, 0.15) is 0 Å². The van der Waals surface area contributed by atoms with E-state index >= 15 is 0 Å². The minimum atomic E-state index is 0.880. The molecule has 0 spiro atoms. The van der Waals surface area contributed by atoms with Crippen molar-refractivity contribution in [3.63, 3.8) is 0 Å². The molecule has 60 valence electrons. The first-order valence-electron chi connectivity index (χ1n) is 3.42. The van der Waals surface area contributed by atoms with Crippen LogP contribution in [0.1, 0.15) is 5.56 Å². The van der Waals surface area contributed by atoms with Gasteiger partial charge in [-0.25, -0.2) is 0 Å². The Balaban J connectivity index is 2.60. The van der Waals surface area contributed by atoms with Crippen molar-refractivity contribution >= 4 is 27.8 Å². The highest BCUT2D eigenvalue weighted by Gasteiger charge is 1.95. The van der Waals surface area contributed by atoms with Gasteiger partial charge in [-0.2, -0.15) is 4.37 Å². The molecule has 0 aliphatic carbocycles. The summed E-state index contributed by atoms with van der Waals surface area (Å²) in [6.07, 6.45) is 3.20. The maximum Gasteiger partial charge on any atom is 0.0734 e. The van der Waals surface area contributed by atoms with Crippen molar-refractivity contribution in [3.8, 4) is 0 Å². The Morgan fingerprint density at radius 2 is 2.42 bits per heavy atom. The maximum atomic E-state index is 8.30. The summed E-state index contributed by atoms with van der Waals surface area (Å²) >= 11 is 1.46. The van der Waals surface area contributed by atoms with Crippen LogP contribution in [0, 0.1) is 0 Å². The van der Waals surface area contributed by atoms with Gasteiger partial charge in [-0.1, -0.05) is 11.2 Å². The van der Waals surface area contributed by atoms with Gasteiger partial charge >= 0.3 is 0 Å². The van der Waals surface area contributed by atoms with Crippen LogP contribution in [0.3, 0.4) is 0 Å². The summed E-state index contributed by atoms with van der Waals surface area (Å²) in [5, 5.41) is 12.3. The molecule has 0 aliphatic heterocycles. The van der Waals surface area contributed by atoms with E-state index in [1.54, 1.807) is 6.20 Å². The van der Waals surface area contributed by atoms with Gasteiger partial charge < -0.3 is 5.21 Å². The summed E-state index contributed by atoms with van der Waals surface area (Å²) in [5.41, 5.74) is 0.880. The van der Waals surface area contributed by atoms with Crippen LogP contribution in [0.4, 0.5) is 0 Å². The molecule has 0 atom stereocenters. The topological polar surface area (TPSA) is 45.5 Å². The van der Waals surface area contributed by atoms with E-state index in [-0.39, 0.29) is 0 Å². The van der Waals surface area contributed by atoms with E-state index in [9.17, 15) is 0 Å². The molecule has 1 N–H and O–H groups in total. The van der Waals surface area contributed by atoms with Gasteiger partial charge in [0.25, 0.3) is 0 Å². The van der Waals surface area contributed by atoms with E-state index in [1.807, 2.05) is 18.2 Å². The smallest absolute Gasteiger partial charge is 0.0734 e.